The van der Waals surface area contributed by atoms with E-state index in [0.29, 0.717) is 11.3 Å². The Labute approximate surface area is 155 Å². The summed E-state index contributed by atoms with van der Waals surface area (Å²) >= 11 is 0. The molecule has 1 saturated heterocycles. The lowest BCUT2D eigenvalue weighted by Crippen LogP contribution is -2.55. The summed E-state index contributed by atoms with van der Waals surface area (Å²) in [5, 5.41) is 0.803. The fourth-order valence-electron chi connectivity index (χ4n) is 3.51. The molecule has 2 aromatic rings. The third-order valence-electron chi connectivity index (χ3n) is 5.13. The second-order valence-corrected chi connectivity index (χ2v) is 8.64. The molecular formula is C18H27N3O4S. The largest absolute Gasteiger partial charge is 0.464 e. The summed E-state index contributed by atoms with van der Waals surface area (Å²) in [6.45, 7) is 8.07. The van der Waals surface area contributed by atoms with Crippen LogP contribution in [0, 0.1) is 5.92 Å². The standard InChI is InChI=1S/C18H27N3O4S/c1-14(2)17(20-9-7-19(3)8-10-20)13-21(26(22,23)24)16-4-5-18-15(12-16)6-11-25-18/h4-6,11-12,14,17H,7-10,13H2,1-3H3,(H,22,23,24). The van der Waals surface area contributed by atoms with Crippen molar-refractivity contribution in [2.45, 2.75) is 19.9 Å². The van der Waals surface area contributed by atoms with Crippen LogP contribution in [0.4, 0.5) is 5.69 Å². The average molecular weight is 381 g/mol. The zero-order chi connectivity index (χ0) is 18.9. The molecule has 0 aliphatic carbocycles. The van der Waals surface area contributed by atoms with Crippen LogP contribution in [0.25, 0.3) is 11.0 Å². The number of benzene rings is 1. The molecule has 1 N–H and O–H groups in total. The number of hydrogen-bond acceptors (Lipinski definition) is 5. The maximum Gasteiger partial charge on any atom is 0.360 e. The summed E-state index contributed by atoms with van der Waals surface area (Å²) in [5.74, 6) is 0.250. The molecule has 1 aromatic heterocycles. The van der Waals surface area contributed by atoms with Gasteiger partial charge in [-0.15, -0.1) is 0 Å². The molecule has 0 radical (unpaired) electrons. The van der Waals surface area contributed by atoms with E-state index in [2.05, 4.69) is 30.7 Å². The molecule has 1 aliphatic heterocycles. The molecule has 1 atom stereocenters. The first-order valence-corrected chi connectivity index (χ1v) is 10.3. The molecule has 2 heterocycles. The van der Waals surface area contributed by atoms with Gasteiger partial charge in [0.15, 0.2) is 0 Å². The molecule has 0 spiro atoms. The molecule has 1 fully saturated rings. The first kappa shape index (κ1) is 19.2. The first-order valence-electron chi connectivity index (χ1n) is 8.90. The van der Waals surface area contributed by atoms with Gasteiger partial charge in [-0.3, -0.25) is 9.45 Å². The highest BCUT2D eigenvalue weighted by atomic mass is 32.2. The minimum absolute atomic E-state index is 0.0191. The summed E-state index contributed by atoms with van der Waals surface area (Å²) < 4.78 is 40.6. The SMILES string of the molecule is CC(C)C(CN(c1ccc2occc2c1)S(=O)(=O)O)N1CCN(C)CC1. The van der Waals surface area contributed by atoms with Gasteiger partial charge in [-0.05, 0) is 37.2 Å². The Bertz CT molecular complexity index is 841. The van der Waals surface area contributed by atoms with Crippen LogP contribution in [-0.4, -0.2) is 68.6 Å². The van der Waals surface area contributed by atoms with Crippen molar-refractivity contribution in [3.05, 3.63) is 30.5 Å². The summed E-state index contributed by atoms with van der Waals surface area (Å²) in [4.78, 5) is 4.58. The van der Waals surface area contributed by atoms with Crippen LogP contribution < -0.4 is 4.31 Å². The Hall–Kier alpha value is -1.61. The Kier molecular flexibility index (Phi) is 5.57. The Balaban J connectivity index is 1.89. The van der Waals surface area contributed by atoms with Crippen LogP contribution in [0.2, 0.25) is 0 Å². The number of furan rings is 1. The molecule has 7 nitrogen and oxygen atoms in total. The van der Waals surface area contributed by atoms with E-state index in [4.69, 9.17) is 4.42 Å². The van der Waals surface area contributed by atoms with Gasteiger partial charge < -0.3 is 9.32 Å². The lowest BCUT2D eigenvalue weighted by molar-refractivity contribution is 0.0926. The van der Waals surface area contributed by atoms with Crippen molar-refractivity contribution in [3.63, 3.8) is 0 Å². The monoisotopic (exact) mass is 381 g/mol. The van der Waals surface area contributed by atoms with Gasteiger partial charge in [0.1, 0.15) is 5.58 Å². The van der Waals surface area contributed by atoms with Crippen LogP contribution in [-0.2, 0) is 10.3 Å². The zero-order valence-electron chi connectivity index (χ0n) is 15.5. The quantitative estimate of drug-likeness (QED) is 0.774. The van der Waals surface area contributed by atoms with E-state index in [0.717, 1.165) is 35.9 Å². The van der Waals surface area contributed by atoms with E-state index >= 15 is 0 Å². The van der Waals surface area contributed by atoms with Crippen LogP contribution in [0.15, 0.2) is 34.9 Å². The second-order valence-electron chi connectivity index (χ2n) is 7.30. The number of hydrogen-bond donors (Lipinski definition) is 1. The minimum atomic E-state index is -4.38. The van der Waals surface area contributed by atoms with E-state index in [1.54, 1.807) is 30.5 Å². The average Bonchev–Trinajstić information content (AvgIpc) is 3.03. The molecule has 1 aliphatic rings. The van der Waals surface area contributed by atoms with Gasteiger partial charge in [-0.25, -0.2) is 4.31 Å². The minimum Gasteiger partial charge on any atom is -0.464 e. The topological polar surface area (TPSA) is 77.2 Å². The molecular weight excluding hydrogens is 354 g/mol. The van der Waals surface area contributed by atoms with Crippen molar-refractivity contribution in [3.8, 4) is 0 Å². The molecule has 26 heavy (non-hydrogen) atoms. The Morgan fingerprint density at radius 1 is 1.19 bits per heavy atom. The van der Waals surface area contributed by atoms with Crippen molar-refractivity contribution >= 4 is 27.0 Å². The second kappa shape index (κ2) is 7.56. The molecule has 8 heteroatoms. The van der Waals surface area contributed by atoms with Crippen molar-refractivity contribution in [2.75, 3.05) is 44.1 Å². The van der Waals surface area contributed by atoms with Gasteiger partial charge in [-0.2, -0.15) is 8.42 Å². The number of anilines is 1. The maximum absolute atomic E-state index is 12.1. The van der Waals surface area contributed by atoms with Crippen LogP contribution >= 0.6 is 0 Å². The highest BCUT2D eigenvalue weighted by Gasteiger charge is 2.31. The van der Waals surface area contributed by atoms with Crippen molar-refractivity contribution in [2.24, 2.45) is 5.92 Å². The summed E-state index contributed by atoms with van der Waals surface area (Å²) in [6, 6.07) is 6.92. The smallest absolute Gasteiger partial charge is 0.360 e. The molecule has 144 valence electrons. The third kappa shape index (κ3) is 4.20. The highest BCUT2D eigenvalue weighted by molar-refractivity contribution is 7.87. The van der Waals surface area contributed by atoms with Crippen LogP contribution in [0.5, 0.6) is 0 Å². The van der Waals surface area contributed by atoms with E-state index in [1.807, 2.05) is 0 Å². The Morgan fingerprint density at radius 3 is 2.50 bits per heavy atom. The lowest BCUT2D eigenvalue weighted by atomic mass is 10.0. The summed E-state index contributed by atoms with van der Waals surface area (Å²) in [7, 11) is -2.29. The van der Waals surface area contributed by atoms with Gasteiger partial charge in [-0.1, -0.05) is 13.8 Å². The molecule has 1 unspecified atom stereocenters. The predicted molar refractivity (Wildman–Crippen MR) is 103 cm³/mol. The van der Waals surface area contributed by atoms with E-state index in [9.17, 15) is 13.0 Å². The zero-order valence-corrected chi connectivity index (χ0v) is 16.3. The van der Waals surface area contributed by atoms with Gasteiger partial charge in [0.25, 0.3) is 0 Å². The van der Waals surface area contributed by atoms with Gasteiger partial charge in [0.05, 0.1) is 18.5 Å². The van der Waals surface area contributed by atoms with Gasteiger partial charge in [0, 0.05) is 37.6 Å². The number of fused-ring (bicyclic) bond motifs is 1. The predicted octanol–water partition coefficient (Wildman–Crippen LogP) is 2.31. The Morgan fingerprint density at radius 2 is 1.88 bits per heavy atom. The van der Waals surface area contributed by atoms with Gasteiger partial charge >= 0.3 is 10.3 Å². The first-order chi connectivity index (χ1) is 12.3. The number of rotatable bonds is 6. The number of nitrogens with zero attached hydrogens (tertiary/aromatic N) is 3. The lowest BCUT2D eigenvalue weighted by Gasteiger charge is -2.41. The molecule has 0 bridgehead atoms. The van der Waals surface area contributed by atoms with Gasteiger partial charge in [0.2, 0.25) is 0 Å². The van der Waals surface area contributed by atoms with Crippen molar-refractivity contribution in [1.29, 1.82) is 0 Å². The molecule has 0 amide bonds. The fraction of sp³-hybridized carbons (Fsp3) is 0.556. The molecule has 1 aromatic carbocycles. The summed E-state index contributed by atoms with van der Waals surface area (Å²) in [5.41, 5.74) is 1.13. The van der Waals surface area contributed by atoms with Crippen LogP contribution in [0.3, 0.4) is 0 Å². The number of likely N-dealkylation sites (N-methyl/N-ethyl adjacent to an activating group) is 1. The normalized spacial score (nSPS) is 18.5. The highest BCUT2D eigenvalue weighted by Crippen LogP contribution is 2.26. The third-order valence-corrected chi connectivity index (χ3v) is 6.05. The van der Waals surface area contributed by atoms with E-state index in [1.165, 1.54) is 0 Å². The van der Waals surface area contributed by atoms with Crippen molar-refractivity contribution in [1.82, 2.24) is 9.80 Å². The molecule has 0 saturated carbocycles. The maximum atomic E-state index is 12.1. The fourth-order valence-corrected chi connectivity index (χ4v) is 4.23. The van der Waals surface area contributed by atoms with Crippen molar-refractivity contribution < 1.29 is 17.4 Å². The van der Waals surface area contributed by atoms with E-state index in [-0.39, 0.29) is 18.5 Å². The van der Waals surface area contributed by atoms with E-state index < -0.39 is 10.3 Å². The number of piperazine rings is 1. The summed E-state index contributed by atoms with van der Waals surface area (Å²) in [6.07, 6.45) is 1.56. The van der Waals surface area contributed by atoms with Crippen LogP contribution in [0.1, 0.15) is 13.8 Å². The molecule has 3 rings (SSSR count).